The maximum atomic E-state index is 13.3. The maximum absolute atomic E-state index is 13.3. The lowest BCUT2D eigenvalue weighted by molar-refractivity contribution is 0.125. The molecule has 2 heterocycles. The Kier molecular flexibility index (Phi) is 9.32. The maximum Gasteiger partial charge on any atom is 0.404 e. The number of amides is 1. The normalized spacial score (nSPS) is 17.3. The molecule has 0 atom stereocenters. The lowest BCUT2D eigenvalue weighted by atomic mass is 9.90. The quantitative estimate of drug-likeness (QED) is 0.556. The van der Waals surface area contributed by atoms with Gasteiger partial charge >= 0.3 is 6.09 Å². The number of hydrogen-bond donors (Lipinski definition) is 2. The van der Waals surface area contributed by atoms with E-state index in [9.17, 15) is 13.2 Å². The second-order valence-corrected chi connectivity index (χ2v) is 11.9. The molecule has 34 heavy (non-hydrogen) atoms. The molecule has 8 nitrogen and oxygen atoms in total. The molecule has 188 valence electrons. The number of aromatic nitrogens is 1. The molecule has 1 amide bonds. The lowest BCUT2D eigenvalue weighted by Gasteiger charge is -2.19. The molecule has 1 aliphatic heterocycles. The second-order valence-electron chi connectivity index (χ2n) is 8.96. The van der Waals surface area contributed by atoms with Crippen LogP contribution in [-0.2, 0) is 14.8 Å². The van der Waals surface area contributed by atoms with Gasteiger partial charge in [0.15, 0.2) is 0 Å². The van der Waals surface area contributed by atoms with Crippen LogP contribution in [0.3, 0.4) is 0 Å². The topological polar surface area (TPSA) is 115 Å². The van der Waals surface area contributed by atoms with Crippen molar-refractivity contribution in [3.8, 4) is 10.4 Å². The Labute approximate surface area is 207 Å². The van der Waals surface area contributed by atoms with E-state index in [4.69, 9.17) is 0 Å². The number of benzene rings is 1. The number of rotatable bonds is 6. The van der Waals surface area contributed by atoms with E-state index >= 15 is 0 Å². The van der Waals surface area contributed by atoms with Crippen LogP contribution >= 0.6 is 11.3 Å². The highest BCUT2D eigenvalue weighted by Gasteiger charge is 2.30. The van der Waals surface area contributed by atoms with E-state index in [0.29, 0.717) is 23.9 Å². The van der Waals surface area contributed by atoms with Gasteiger partial charge in [-0.05, 0) is 51.7 Å². The van der Waals surface area contributed by atoms with Crippen molar-refractivity contribution in [2.24, 2.45) is 5.73 Å². The van der Waals surface area contributed by atoms with E-state index in [0.717, 1.165) is 34.0 Å². The summed E-state index contributed by atoms with van der Waals surface area (Å²) in [5.74, 6) is 0.535. The Balaban J connectivity index is 0.000000406. The van der Waals surface area contributed by atoms with E-state index < -0.39 is 16.1 Å². The van der Waals surface area contributed by atoms with Gasteiger partial charge in [0, 0.05) is 43.5 Å². The first-order valence-corrected chi connectivity index (χ1v) is 14.2. The van der Waals surface area contributed by atoms with Crippen LogP contribution in [-0.4, -0.2) is 50.0 Å². The van der Waals surface area contributed by atoms with Crippen molar-refractivity contribution >= 4 is 33.1 Å². The molecule has 1 aromatic carbocycles. The summed E-state index contributed by atoms with van der Waals surface area (Å²) < 4.78 is 32.6. The fraction of sp³-hybridized carbons (Fsp3) is 0.583. The standard InChI is InChI=1S/C20H27N3O2S2.C4H9NO2/c1-21-16-9-10-17(19(13-16)27(24,25)23-11-5-6-12-23)18-14-22-20(26-18)15-7-3-2-4-8-15;1-3(2)7-4(5)6/h9-10,13-15,21H,2-8,11-12H2,1H3;3H,1-2H3,(H2,5,6). The summed E-state index contributed by atoms with van der Waals surface area (Å²) in [4.78, 5) is 15.8. The van der Waals surface area contributed by atoms with Gasteiger partial charge in [0.05, 0.1) is 20.9 Å². The van der Waals surface area contributed by atoms with Gasteiger partial charge in [0.2, 0.25) is 10.0 Å². The number of carbonyl (C=O) groups excluding carboxylic acids is 1. The molecule has 2 aromatic rings. The minimum atomic E-state index is -3.49. The fourth-order valence-corrected chi connectivity index (χ4v) is 7.29. The van der Waals surface area contributed by atoms with Crippen LogP contribution in [0.25, 0.3) is 10.4 Å². The van der Waals surface area contributed by atoms with Gasteiger partial charge in [-0.15, -0.1) is 11.3 Å². The number of ether oxygens (including phenoxy) is 1. The predicted octanol–water partition coefficient (Wildman–Crippen LogP) is 5.17. The highest BCUT2D eigenvalue weighted by atomic mass is 32.2. The van der Waals surface area contributed by atoms with Crippen molar-refractivity contribution in [2.45, 2.75) is 75.7 Å². The average molecular weight is 509 g/mol. The first kappa shape index (κ1) is 26.4. The summed E-state index contributed by atoms with van der Waals surface area (Å²) in [7, 11) is -1.68. The average Bonchev–Trinajstić information content (AvgIpc) is 3.52. The monoisotopic (exact) mass is 508 g/mol. The lowest BCUT2D eigenvalue weighted by Crippen LogP contribution is -2.28. The number of hydrogen-bond acceptors (Lipinski definition) is 7. The number of anilines is 1. The molecule has 0 bridgehead atoms. The first-order chi connectivity index (χ1) is 16.2. The second kappa shape index (κ2) is 12.0. The molecule has 4 rings (SSSR count). The van der Waals surface area contributed by atoms with E-state index in [2.05, 4.69) is 20.8 Å². The molecule has 2 aliphatic rings. The first-order valence-electron chi connectivity index (χ1n) is 12.0. The van der Waals surface area contributed by atoms with Gasteiger partial charge in [-0.3, -0.25) is 0 Å². The third-order valence-electron chi connectivity index (χ3n) is 6.05. The van der Waals surface area contributed by atoms with Gasteiger partial charge in [0.1, 0.15) is 0 Å². The van der Waals surface area contributed by atoms with Gasteiger partial charge < -0.3 is 15.8 Å². The van der Waals surface area contributed by atoms with Crippen LogP contribution in [0.5, 0.6) is 0 Å². The highest BCUT2D eigenvalue weighted by Crippen LogP contribution is 2.40. The van der Waals surface area contributed by atoms with Crippen molar-refractivity contribution in [1.29, 1.82) is 0 Å². The molecular weight excluding hydrogens is 472 g/mol. The number of thiazole rings is 1. The third-order valence-corrected chi connectivity index (χ3v) is 9.18. The summed E-state index contributed by atoms with van der Waals surface area (Å²) in [6.45, 7) is 4.71. The van der Waals surface area contributed by atoms with Gasteiger partial charge in [-0.2, -0.15) is 4.31 Å². The molecular formula is C24H36N4O4S2. The number of primary amides is 1. The summed E-state index contributed by atoms with van der Waals surface area (Å²) in [5, 5.41) is 4.23. The summed E-state index contributed by atoms with van der Waals surface area (Å²) in [6.07, 6.45) is 9.18. The molecule has 3 N–H and O–H groups in total. The van der Waals surface area contributed by atoms with Crippen LogP contribution in [0, 0.1) is 0 Å². The van der Waals surface area contributed by atoms with E-state index in [1.807, 2.05) is 25.4 Å². The Bertz CT molecular complexity index is 1060. The van der Waals surface area contributed by atoms with Gasteiger partial charge in [0.25, 0.3) is 0 Å². The summed E-state index contributed by atoms with van der Waals surface area (Å²) in [5.41, 5.74) is 6.22. The molecule has 1 aromatic heterocycles. The number of nitrogens with zero attached hydrogens (tertiary/aromatic N) is 2. The van der Waals surface area contributed by atoms with Crippen molar-refractivity contribution < 1.29 is 17.9 Å². The fourth-order valence-electron chi connectivity index (χ4n) is 4.35. The number of carbonyl (C=O) groups is 1. The number of nitrogens with one attached hydrogen (secondary N) is 1. The Morgan fingerprint density at radius 1 is 1.18 bits per heavy atom. The zero-order valence-corrected chi connectivity index (χ0v) is 21.9. The predicted molar refractivity (Wildman–Crippen MR) is 137 cm³/mol. The van der Waals surface area contributed by atoms with Crippen LogP contribution < -0.4 is 11.1 Å². The van der Waals surface area contributed by atoms with E-state index in [-0.39, 0.29) is 6.10 Å². The zero-order valence-electron chi connectivity index (χ0n) is 20.2. The number of sulfonamides is 1. The SMILES string of the molecule is CC(C)OC(N)=O.CNc1ccc(-c2cnc(C3CCCCC3)s2)c(S(=O)(=O)N2CCCC2)c1. The van der Waals surface area contributed by atoms with Gasteiger partial charge in [-0.25, -0.2) is 18.2 Å². The van der Waals surface area contributed by atoms with Crippen LogP contribution in [0.1, 0.15) is 69.7 Å². The largest absolute Gasteiger partial charge is 0.447 e. The van der Waals surface area contributed by atoms with E-state index in [1.54, 1.807) is 35.6 Å². The summed E-state index contributed by atoms with van der Waals surface area (Å²) in [6, 6.07) is 5.63. The molecule has 1 aliphatic carbocycles. The molecule has 1 saturated carbocycles. The van der Waals surface area contributed by atoms with E-state index in [1.165, 1.54) is 32.1 Å². The molecule has 0 radical (unpaired) electrons. The van der Waals surface area contributed by atoms with Gasteiger partial charge in [-0.1, -0.05) is 25.3 Å². The van der Waals surface area contributed by atoms with Crippen LogP contribution in [0.15, 0.2) is 29.3 Å². The zero-order chi connectivity index (χ0) is 24.7. The summed E-state index contributed by atoms with van der Waals surface area (Å²) >= 11 is 1.66. The van der Waals surface area contributed by atoms with Crippen molar-refractivity contribution in [3.63, 3.8) is 0 Å². The van der Waals surface area contributed by atoms with Crippen LogP contribution in [0.2, 0.25) is 0 Å². The minimum absolute atomic E-state index is 0.0995. The Morgan fingerprint density at radius 2 is 1.85 bits per heavy atom. The molecule has 2 fully saturated rings. The van der Waals surface area contributed by atoms with Crippen molar-refractivity contribution in [3.05, 3.63) is 29.4 Å². The highest BCUT2D eigenvalue weighted by molar-refractivity contribution is 7.89. The van der Waals surface area contributed by atoms with Crippen LogP contribution in [0.4, 0.5) is 10.5 Å². The smallest absolute Gasteiger partial charge is 0.404 e. The Hall–Kier alpha value is -2.17. The molecule has 10 heteroatoms. The number of nitrogens with two attached hydrogens (primary N) is 1. The minimum Gasteiger partial charge on any atom is -0.447 e. The molecule has 1 saturated heterocycles. The third kappa shape index (κ3) is 6.70. The van der Waals surface area contributed by atoms with Crippen molar-refractivity contribution in [2.75, 3.05) is 25.5 Å². The molecule has 0 unspecified atom stereocenters. The van der Waals surface area contributed by atoms with Crippen molar-refractivity contribution in [1.82, 2.24) is 9.29 Å². The Morgan fingerprint density at radius 3 is 2.41 bits per heavy atom. The molecule has 0 spiro atoms.